The molecule has 2 saturated heterocycles. The highest BCUT2D eigenvalue weighted by molar-refractivity contribution is 7.89. The minimum atomic E-state index is -4.67. The number of piperidine rings is 1. The van der Waals surface area contributed by atoms with Crippen LogP contribution in [0.1, 0.15) is 60.3 Å². The Morgan fingerprint density at radius 2 is 1.32 bits per heavy atom. The average molecular weight is 1040 g/mol. The largest absolute Gasteiger partial charge is 0.744 e. The number of carbonyl (C=O) groups is 3. The number of anilines is 2. The van der Waals surface area contributed by atoms with Crippen LogP contribution in [0.5, 0.6) is 0 Å². The van der Waals surface area contributed by atoms with Crippen LogP contribution in [0.2, 0.25) is 0 Å². The van der Waals surface area contributed by atoms with Crippen LogP contribution in [0.25, 0.3) is 33.4 Å². The van der Waals surface area contributed by atoms with Gasteiger partial charge >= 0.3 is 5.97 Å². The van der Waals surface area contributed by atoms with Crippen LogP contribution in [0.15, 0.2) is 128 Å². The van der Waals surface area contributed by atoms with Crippen LogP contribution < -0.4 is 19.7 Å². The first-order chi connectivity index (χ1) is 33.9. The van der Waals surface area contributed by atoms with E-state index in [1.54, 1.807) is 83.1 Å². The van der Waals surface area contributed by atoms with E-state index in [-0.39, 0.29) is 53.5 Å². The number of benzene rings is 5. The number of fused-ring (bicyclic) bond motifs is 2. The molecule has 1 N–H and O–H groups in total. The lowest BCUT2D eigenvalue weighted by Crippen LogP contribution is -3.17. The van der Waals surface area contributed by atoms with E-state index in [0.29, 0.717) is 60.9 Å². The Hall–Kier alpha value is -6.33. The van der Waals surface area contributed by atoms with Crippen molar-refractivity contribution in [3.63, 3.8) is 0 Å². The quantitative estimate of drug-likeness (QED) is 0.0675. The van der Waals surface area contributed by atoms with E-state index < -0.39 is 54.0 Å². The molecule has 0 aromatic heterocycles. The minimum absolute atomic E-state index is 0.0164. The van der Waals surface area contributed by atoms with E-state index in [9.17, 15) is 48.7 Å². The molecule has 0 atom stereocenters. The van der Waals surface area contributed by atoms with Crippen LogP contribution in [-0.2, 0) is 49.5 Å². The third-order valence-corrected chi connectivity index (χ3v) is 16.8. The SMILES string of the molecule is CC[NH+](C(C)C)C(C)C.CN(c1ccc(S(=O)(=O)[O-])cc1)c1ccc2c(-c3ccccc3S(=O)(=O)N3CCC(C(=O)ON4C(=O)CCC4=O)CC3)c3ccc(=[N+](C)c4ccc(S(=O)(=O)[O-])cc4)cc-3oc2c1. The number of nitrogens with one attached hydrogen (secondary N) is 1. The number of sulfonamides is 1. The van der Waals surface area contributed by atoms with Crippen LogP contribution in [0, 0.1) is 5.92 Å². The molecule has 2 amide bonds. The van der Waals surface area contributed by atoms with Crippen molar-refractivity contribution in [2.24, 2.45) is 5.92 Å². The summed E-state index contributed by atoms with van der Waals surface area (Å²) in [6.45, 7) is 12.5. The number of carbonyl (C=O) groups excluding carboxylic acids is 3. The third kappa shape index (κ3) is 11.5. The molecule has 0 spiro atoms. The number of amides is 2. The first kappa shape index (κ1) is 53.5. The molecule has 8 rings (SSSR count). The zero-order valence-corrected chi connectivity index (χ0v) is 43.3. The van der Waals surface area contributed by atoms with Gasteiger partial charge in [-0.25, -0.2) is 30.0 Å². The Kier molecular flexibility index (Phi) is 15.9. The summed E-state index contributed by atoms with van der Waals surface area (Å²) in [4.78, 5) is 44.7. The number of hydrogen-bond acceptors (Lipinski definition) is 14. The predicted molar refractivity (Wildman–Crippen MR) is 266 cm³/mol. The maximum absolute atomic E-state index is 14.6. The Morgan fingerprint density at radius 1 is 0.764 bits per heavy atom. The highest BCUT2D eigenvalue weighted by Gasteiger charge is 2.38. The molecule has 0 unspecified atom stereocenters. The second kappa shape index (κ2) is 21.4. The van der Waals surface area contributed by atoms with E-state index in [2.05, 4.69) is 34.6 Å². The van der Waals surface area contributed by atoms with Crippen LogP contribution in [0.4, 0.5) is 17.1 Å². The molecule has 0 bridgehead atoms. The molecule has 4 aliphatic rings. The van der Waals surface area contributed by atoms with Crippen molar-refractivity contribution in [1.82, 2.24) is 13.9 Å². The smallest absolute Gasteiger partial charge is 0.336 e. The highest BCUT2D eigenvalue weighted by atomic mass is 32.2. The first-order valence-corrected chi connectivity index (χ1v) is 27.6. The first-order valence-electron chi connectivity index (χ1n) is 23.4. The van der Waals surface area contributed by atoms with E-state index in [0.717, 1.165) is 12.1 Å². The number of nitrogens with zero attached hydrogens (tertiary/aromatic N) is 4. The lowest BCUT2D eigenvalue weighted by atomic mass is 9.93. The molecule has 3 aliphatic heterocycles. The zero-order chi connectivity index (χ0) is 52.4. The van der Waals surface area contributed by atoms with Gasteiger partial charge in [-0.3, -0.25) is 9.59 Å². The van der Waals surface area contributed by atoms with Gasteiger partial charge in [0, 0.05) is 90.7 Å². The average Bonchev–Trinajstić information content (AvgIpc) is 3.66. The molecule has 4 aromatic rings. The summed E-state index contributed by atoms with van der Waals surface area (Å²) in [5.41, 5.74) is 3.44. The summed E-state index contributed by atoms with van der Waals surface area (Å²) in [6, 6.07) is 29.4. The van der Waals surface area contributed by atoms with Crippen molar-refractivity contribution in [3.8, 4) is 22.5 Å². The van der Waals surface area contributed by atoms with Crippen molar-refractivity contribution >= 4 is 76.1 Å². The topological polar surface area (TPSA) is 239 Å². The number of imide groups is 1. The van der Waals surface area contributed by atoms with Gasteiger partial charge in [-0.2, -0.15) is 8.88 Å². The number of rotatable bonds is 13. The van der Waals surface area contributed by atoms with E-state index in [1.165, 1.54) is 65.4 Å². The second-order valence-electron chi connectivity index (χ2n) is 18.3. The van der Waals surface area contributed by atoms with Crippen molar-refractivity contribution in [3.05, 3.63) is 115 Å². The van der Waals surface area contributed by atoms with E-state index in [4.69, 9.17) is 9.25 Å². The molecule has 3 heterocycles. The molecule has 2 fully saturated rings. The van der Waals surface area contributed by atoms with Crippen molar-refractivity contribution in [1.29, 1.82) is 0 Å². The summed E-state index contributed by atoms with van der Waals surface area (Å²) in [5.74, 6) is -2.40. The minimum Gasteiger partial charge on any atom is -0.744 e. The summed E-state index contributed by atoms with van der Waals surface area (Å²) < 4.78 is 108. The number of hydroxylamine groups is 2. The fourth-order valence-corrected chi connectivity index (χ4v) is 11.8. The van der Waals surface area contributed by atoms with Crippen molar-refractivity contribution < 1.29 is 62.9 Å². The van der Waals surface area contributed by atoms with E-state index >= 15 is 0 Å². The fourth-order valence-electron chi connectivity index (χ4n) is 9.22. The van der Waals surface area contributed by atoms with Gasteiger partial charge in [0.05, 0.1) is 45.3 Å². The second-order valence-corrected chi connectivity index (χ2v) is 22.9. The Labute approximate surface area is 419 Å². The molecule has 1 aliphatic carbocycles. The molecule has 72 heavy (non-hydrogen) atoms. The van der Waals surface area contributed by atoms with Gasteiger partial charge in [-0.05, 0) is 108 Å². The fraction of sp³-hybridized carbons (Fsp3) is 0.333. The summed E-state index contributed by atoms with van der Waals surface area (Å²) in [5, 5.41) is 1.61. The monoisotopic (exact) mass is 1040 g/mol. The summed E-state index contributed by atoms with van der Waals surface area (Å²) >= 11 is 0. The highest BCUT2D eigenvalue weighted by Crippen LogP contribution is 2.44. The molecule has 4 aromatic carbocycles. The summed E-state index contributed by atoms with van der Waals surface area (Å²) in [6.07, 6.45) is 0.0673. The van der Waals surface area contributed by atoms with Gasteiger partial charge in [0.15, 0.2) is 0 Å². The molecular weight excluding hydrogens is 987 g/mol. The third-order valence-electron chi connectivity index (χ3n) is 13.1. The van der Waals surface area contributed by atoms with Crippen molar-refractivity contribution in [2.75, 3.05) is 38.6 Å². The van der Waals surface area contributed by atoms with Crippen LogP contribution in [0.3, 0.4) is 0 Å². The van der Waals surface area contributed by atoms with E-state index in [1.807, 2.05) is 0 Å². The predicted octanol–water partition coefficient (Wildman–Crippen LogP) is 5.23. The Balaban J connectivity index is 0.000000771. The van der Waals surface area contributed by atoms with Gasteiger partial charge in [0.2, 0.25) is 21.1 Å². The molecule has 0 saturated carbocycles. The number of hydrogen-bond donors (Lipinski definition) is 1. The molecule has 0 radical (unpaired) electrons. The van der Waals surface area contributed by atoms with Crippen LogP contribution in [-0.4, -0.2) is 107 Å². The standard InChI is InChI=1S/C43H38N4O13S3.C8H19N/c1-44(28-7-13-32(14-8-28)62(53,54)55)30-11-17-34-37(25-30)59-38-26-31(45(2)29-9-15-33(16-10-29)63(56,57)58)12-18-35(38)42(34)36-5-3-4-6-39(36)61(51,52)46-23-21-27(22-24-46)43(50)60-47-40(48)19-20-41(47)49;1-6-9(7(2)3)8(4)5/h3-18,25-27H,19-24H2,1-2H3,(H-,53,54,55,56,57,58);7-8H,6H2,1-5H3. The van der Waals surface area contributed by atoms with Gasteiger partial charge in [-0.1, -0.05) is 18.2 Å². The lowest BCUT2D eigenvalue weighted by Gasteiger charge is -2.31. The summed E-state index contributed by atoms with van der Waals surface area (Å²) in [7, 11) is -10.1. The molecule has 382 valence electrons. The zero-order valence-electron chi connectivity index (χ0n) is 40.9. The maximum Gasteiger partial charge on any atom is 0.336 e. The van der Waals surface area contributed by atoms with Crippen molar-refractivity contribution in [2.45, 2.75) is 87.1 Å². The molecular formula is C51H57N5O13S3. The normalized spacial score (nSPS) is 15.6. The van der Waals surface area contributed by atoms with Gasteiger partial charge in [0.1, 0.15) is 38.6 Å². The van der Waals surface area contributed by atoms with Crippen LogP contribution >= 0.6 is 0 Å². The molecule has 18 nitrogen and oxygen atoms in total. The maximum atomic E-state index is 14.6. The Bertz CT molecular complexity index is 3380. The van der Waals surface area contributed by atoms with Gasteiger partial charge < -0.3 is 28.2 Å². The van der Waals surface area contributed by atoms with Gasteiger partial charge in [0.25, 0.3) is 11.8 Å². The molecule has 21 heteroatoms. The Morgan fingerprint density at radius 3 is 1.86 bits per heavy atom. The number of quaternary nitrogens is 1. The van der Waals surface area contributed by atoms with Gasteiger partial charge in [-0.15, -0.1) is 5.06 Å². The lowest BCUT2D eigenvalue weighted by molar-refractivity contribution is -0.940.